The summed E-state index contributed by atoms with van der Waals surface area (Å²) in [5.74, 6) is -0.0370. The van der Waals surface area contributed by atoms with Crippen LogP contribution >= 0.6 is 0 Å². The molecule has 19 heavy (non-hydrogen) atoms. The topological polar surface area (TPSA) is 59.2 Å². The summed E-state index contributed by atoms with van der Waals surface area (Å²) in [6.07, 6.45) is 4.12. The second-order valence-corrected chi connectivity index (χ2v) is 4.31. The SMILES string of the molecule is CN(C(=O)c1cccc(CCN)c1)c1ccncc1. The molecule has 0 saturated carbocycles. The van der Waals surface area contributed by atoms with Crippen LogP contribution in [0.3, 0.4) is 0 Å². The van der Waals surface area contributed by atoms with Crippen LogP contribution in [0.4, 0.5) is 5.69 Å². The molecule has 0 radical (unpaired) electrons. The number of nitrogens with two attached hydrogens (primary N) is 1. The Balaban J connectivity index is 2.22. The van der Waals surface area contributed by atoms with E-state index in [0.717, 1.165) is 17.7 Å². The molecule has 0 bridgehead atoms. The molecule has 4 heteroatoms. The smallest absolute Gasteiger partial charge is 0.258 e. The van der Waals surface area contributed by atoms with Crippen molar-refractivity contribution in [3.63, 3.8) is 0 Å². The van der Waals surface area contributed by atoms with E-state index < -0.39 is 0 Å². The Hall–Kier alpha value is -2.20. The highest BCUT2D eigenvalue weighted by atomic mass is 16.2. The van der Waals surface area contributed by atoms with E-state index in [1.807, 2.05) is 36.4 Å². The number of aromatic nitrogens is 1. The van der Waals surface area contributed by atoms with Gasteiger partial charge < -0.3 is 10.6 Å². The zero-order valence-corrected chi connectivity index (χ0v) is 10.9. The first-order valence-corrected chi connectivity index (χ1v) is 6.19. The van der Waals surface area contributed by atoms with E-state index in [1.165, 1.54) is 0 Å². The molecule has 2 rings (SSSR count). The maximum atomic E-state index is 12.4. The van der Waals surface area contributed by atoms with Gasteiger partial charge in [0.25, 0.3) is 5.91 Å². The molecule has 2 N–H and O–H groups in total. The Morgan fingerprint density at radius 1 is 1.26 bits per heavy atom. The number of carbonyl (C=O) groups excluding carboxylic acids is 1. The lowest BCUT2D eigenvalue weighted by Crippen LogP contribution is -2.26. The minimum absolute atomic E-state index is 0.0370. The van der Waals surface area contributed by atoms with Gasteiger partial charge in [-0.15, -0.1) is 0 Å². The van der Waals surface area contributed by atoms with Gasteiger partial charge in [0.15, 0.2) is 0 Å². The molecule has 1 amide bonds. The first-order valence-electron chi connectivity index (χ1n) is 6.19. The van der Waals surface area contributed by atoms with Crippen LogP contribution in [-0.4, -0.2) is 24.5 Å². The summed E-state index contributed by atoms with van der Waals surface area (Å²) in [5.41, 5.74) is 8.11. The van der Waals surface area contributed by atoms with Crippen molar-refractivity contribution < 1.29 is 4.79 Å². The van der Waals surface area contributed by atoms with Gasteiger partial charge in [-0.25, -0.2) is 0 Å². The van der Waals surface area contributed by atoms with Crippen LogP contribution in [0.15, 0.2) is 48.8 Å². The third kappa shape index (κ3) is 3.17. The van der Waals surface area contributed by atoms with Gasteiger partial charge in [-0.1, -0.05) is 12.1 Å². The fourth-order valence-electron chi connectivity index (χ4n) is 1.91. The minimum Gasteiger partial charge on any atom is -0.330 e. The van der Waals surface area contributed by atoms with Crippen LogP contribution in [-0.2, 0) is 6.42 Å². The molecule has 0 fully saturated rings. The standard InChI is InChI=1S/C15H17N3O/c1-18(14-6-9-17-10-7-14)15(19)13-4-2-3-12(11-13)5-8-16/h2-4,6-7,9-11H,5,8,16H2,1H3. The van der Waals surface area contributed by atoms with Crippen LogP contribution in [0.1, 0.15) is 15.9 Å². The van der Waals surface area contributed by atoms with Gasteiger partial charge in [0.2, 0.25) is 0 Å². The lowest BCUT2D eigenvalue weighted by molar-refractivity contribution is 0.0993. The Labute approximate surface area is 112 Å². The molecular weight excluding hydrogens is 238 g/mol. The normalized spacial score (nSPS) is 10.2. The van der Waals surface area contributed by atoms with Crippen molar-refractivity contribution in [3.05, 3.63) is 59.9 Å². The number of anilines is 1. The monoisotopic (exact) mass is 255 g/mol. The highest BCUT2D eigenvalue weighted by Crippen LogP contribution is 2.15. The lowest BCUT2D eigenvalue weighted by Gasteiger charge is -2.17. The highest BCUT2D eigenvalue weighted by molar-refractivity contribution is 6.05. The minimum atomic E-state index is -0.0370. The van der Waals surface area contributed by atoms with E-state index >= 15 is 0 Å². The van der Waals surface area contributed by atoms with Gasteiger partial charge in [-0.3, -0.25) is 9.78 Å². The summed E-state index contributed by atoms with van der Waals surface area (Å²) in [6.45, 7) is 0.581. The lowest BCUT2D eigenvalue weighted by atomic mass is 10.1. The summed E-state index contributed by atoms with van der Waals surface area (Å²) in [7, 11) is 1.76. The molecular formula is C15H17N3O. The first-order chi connectivity index (χ1) is 9.22. The quantitative estimate of drug-likeness (QED) is 0.907. The van der Waals surface area contributed by atoms with Crippen molar-refractivity contribution in [1.82, 2.24) is 4.98 Å². The molecule has 1 aromatic heterocycles. The van der Waals surface area contributed by atoms with Crippen molar-refractivity contribution in [1.29, 1.82) is 0 Å². The van der Waals surface area contributed by atoms with Crippen LogP contribution < -0.4 is 10.6 Å². The third-order valence-electron chi connectivity index (χ3n) is 2.96. The second kappa shape index (κ2) is 6.11. The Morgan fingerprint density at radius 3 is 2.68 bits per heavy atom. The Bertz CT molecular complexity index is 554. The number of amides is 1. The molecule has 0 aliphatic heterocycles. The number of benzene rings is 1. The fourth-order valence-corrected chi connectivity index (χ4v) is 1.91. The molecule has 1 heterocycles. The second-order valence-electron chi connectivity index (χ2n) is 4.31. The van der Waals surface area contributed by atoms with Crippen LogP contribution in [0.25, 0.3) is 0 Å². The number of rotatable bonds is 4. The van der Waals surface area contributed by atoms with Gasteiger partial charge >= 0.3 is 0 Å². The van der Waals surface area contributed by atoms with E-state index in [1.54, 1.807) is 24.3 Å². The van der Waals surface area contributed by atoms with Crippen LogP contribution in [0.5, 0.6) is 0 Å². The molecule has 0 aliphatic rings. The average molecular weight is 255 g/mol. The van der Waals surface area contributed by atoms with E-state index in [4.69, 9.17) is 5.73 Å². The fraction of sp³-hybridized carbons (Fsp3) is 0.200. The van der Waals surface area contributed by atoms with Crippen molar-refractivity contribution in [2.75, 3.05) is 18.5 Å². The van der Waals surface area contributed by atoms with Crippen molar-refractivity contribution in [3.8, 4) is 0 Å². The van der Waals surface area contributed by atoms with Crippen LogP contribution in [0.2, 0.25) is 0 Å². The Kier molecular flexibility index (Phi) is 4.26. The number of nitrogens with zero attached hydrogens (tertiary/aromatic N) is 2. The molecule has 0 atom stereocenters. The van der Waals surface area contributed by atoms with E-state index in [-0.39, 0.29) is 5.91 Å². The molecule has 0 unspecified atom stereocenters. The number of hydrogen-bond acceptors (Lipinski definition) is 3. The number of hydrogen-bond donors (Lipinski definition) is 1. The molecule has 2 aromatic rings. The highest BCUT2D eigenvalue weighted by Gasteiger charge is 2.13. The van der Waals surface area contributed by atoms with Crippen LogP contribution in [0, 0.1) is 0 Å². The molecule has 98 valence electrons. The summed E-state index contributed by atoms with van der Waals surface area (Å²) in [6, 6.07) is 11.2. The van der Waals surface area contributed by atoms with Crippen molar-refractivity contribution in [2.45, 2.75) is 6.42 Å². The summed E-state index contributed by atoms with van der Waals surface area (Å²) in [5, 5.41) is 0. The van der Waals surface area contributed by atoms with E-state index in [9.17, 15) is 4.79 Å². The molecule has 1 aromatic carbocycles. The third-order valence-corrected chi connectivity index (χ3v) is 2.96. The summed E-state index contributed by atoms with van der Waals surface area (Å²) >= 11 is 0. The van der Waals surface area contributed by atoms with Crippen molar-refractivity contribution in [2.24, 2.45) is 5.73 Å². The maximum absolute atomic E-state index is 12.4. The van der Waals surface area contributed by atoms with E-state index in [2.05, 4.69) is 4.98 Å². The predicted octanol–water partition coefficient (Wildman–Crippen LogP) is 1.86. The summed E-state index contributed by atoms with van der Waals surface area (Å²) < 4.78 is 0. The van der Waals surface area contributed by atoms with E-state index in [0.29, 0.717) is 12.1 Å². The van der Waals surface area contributed by atoms with Gasteiger partial charge in [0.1, 0.15) is 0 Å². The largest absolute Gasteiger partial charge is 0.330 e. The van der Waals surface area contributed by atoms with Gasteiger partial charge in [-0.05, 0) is 42.8 Å². The van der Waals surface area contributed by atoms with Gasteiger partial charge in [-0.2, -0.15) is 0 Å². The predicted molar refractivity (Wildman–Crippen MR) is 76.2 cm³/mol. The number of pyridine rings is 1. The first kappa shape index (κ1) is 13.2. The maximum Gasteiger partial charge on any atom is 0.258 e. The molecule has 0 spiro atoms. The molecule has 0 saturated heterocycles. The number of carbonyl (C=O) groups is 1. The molecule has 4 nitrogen and oxygen atoms in total. The van der Waals surface area contributed by atoms with Gasteiger partial charge in [0, 0.05) is 30.7 Å². The average Bonchev–Trinajstić information content (AvgIpc) is 2.47. The zero-order chi connectivity index (χ0) is 13.7. The Morgan fingerprint density at radius 2 is 2.00 bits per heavy atom. The summed E-state index contributed by atoms with van der Waals surface area (Å²) in [4.78, 5) is 17.9. The zero-order valence-electron chi connectivity index (χ0n) is 10.9. The molecule has 0 aliphatic carbocycles. The van der Waals surface area contributed by atoms with Crippen molar-refractivity contribution >= 4 is 11.6 Å². The van der Waals surface area contributed by atoms with Gasteiger partial charge in [0.05, 0.1) is 0 Å².